The molecule has 5 heteroatoms. The highest BCUT2D eigenvalue weighted by molar-refractivity contribution is 5.95. The van der Waals surface area contributed by atoms with Crippen LogP contribution >= 0.6 is 0 Å². The van der Waals surface area contributed by atoms with Gasteiger partial charge in [0.25, 0.3) is 5.91 Å². The molecule has 0 aliphatic rings. The van der Waals surface area contributed by atoms with E-state index in [0.717, 1.165) is 12.1 Å². The molecule has 1 aromatic heterocycles. The number of aliphatic hydroxyl groups is 1. The first kappa shape index (κ1) is 16.2. The number of benzene rings is 1. The molecule has 1 aromatic carbocycles. The van der Waals surface area contributed by atoms with E-state index in [9.17, 15) is 9.90 Å². The van der Waals surface area contributed by atoms with Crippen LogP contribution in [0.2, 0.25) is 0 Å². The van der Waals surface area contributed by atoms with Crippen molar-refractivity contribution in [3.63, 3.8) is 0 Å². The minimum Gasteiger partial charge on any atom is -0.394 e. The van der Waals surface area contributed by atoms with Crippen LogP contribution in [0, 0.1) is 12.8 Å². The maximum absolute atomic E-state index is 12.4. The molecule has 0 saturated carbocycles. The number of aromatic nitrogens is 2. The fraction of sp³-hybridized carbons (Fsp3) is 0.412. The number of carbonyl (C=O) groups is 1. The second kappa shape index (κ2) is 7.22. The van der Waals surface area contributed by atoms with E-state index in [0.29, 0.717) is 17.2 Å². The van der Waals surface area contributed by atoms with Crippen LogP contribution in [0.3, 0.4) is 0 Å². The summed E-state index contributed by atoms with van der Waals surface area (Å²) in [6.45, 7) is 5.88. The number of hydrogen-bond donors (Lipinski definition) is 2. The first-order valence-electron chi connectivity index (χ1n) is 7.54. The van der Waals surface area contributed by atoms with Crippen molar-refractivity contribution in [1.29, 1.82) is 0 Å². The van der Waals surface area contributed by atoms with Crippen molar-refractivity contribution in [3.05, 3.63) is 47.8 Å². The summed E-state index contributed by atoms with van der Waals surface area (Å²) < 4.78 is 1.70. The van der Waals surface area contributed by atoms with Crippen LogP contribution in [-0.4, -0.2) is 33.4 Å². The van der Waals surface area contributed by atoms with E-state index in [1.54, 1.807) is 10.9 Å². The van der Waals surface area contributed by atoms with Crippen molar-refractivity contribution >= 4 is 5.91 Å². The van der Waals surface area contributed by atoms with E-state index in [4.69, 9.17) is 0 Å². The van der Waals surface area contributed by atoms with Gasteiger partial charge >= 0.3 is 0 Å². The van der Waals surface area contributed by atoms with E-state index in [1.807, 2.05) is 37.3 Å². The molecule has 1 amide bonds. The molecular formula is C17H23N3O2. The zero-order valence-electron chi connectivity index (χ0n) is 13.3. The van der Waals surface area contributed by atoms with Crippen molar-refractivity contribution in [2.75, 3.05) is 6.61 Å². The molecule has 0 radical (unpaired) electrons. The molecule has 0 fully saturated rings. The summed E-state index contributed by atoms with van der Waals surface area (Å²) in [5, 5.41) is 16.7. The molecule has 5 nitrogen and oxygen atoms in total. The lowest BCUT2D eigenvalue weighted by Crippen LogP contribution is -2.38. The normalized spacial score (nSPS) is 12.4. The monoisotopic (exact) mass is 301 g/mol. The van der Waals surface area contributed by atoms with Crippen LogP contribution < -0.4 is 5.32 Å². The molecular weight excluding hydrogens is 278 g/mol. The first-order valence-corrected chi connectivity index (χ1v) is 7.54. The Bertz CT molecular complexity index is 620. The third-order valence-electron chi connectivity index (χ3n) is 3.48. The van der Waals surface area contributed by atoms with Crippen molar-refractivity contribution in [2.45, 2.75) is 33.2 Å². The summed E-state index contributed by atoms with van der Waals surface area (Å²) in [5.74, 6) is 0.213. The maximum Gasteiger partial charge on any atom is 0.255 e. The Labute approximate surface area is 131 Å². The van der Waals surface area contributed by atoms with Crippen molar-refractivity contribution in [1.82, 2.24) is 15.1 Å². The van der Waals surface area contributed by atoms with E-state index in [1.165, 1.54) is 0 Å². The SMILES string of the molecule is Cc1nn(-c2ccccc2)cc1C(=O)NC(CO)CC(C)C. The van der Waals surface area contributed by atoms with Gasteiger partial charge in [0.1, 0.15) is 0 Å². The number of hydrogen-bond acceptors (Lipinski definition) is 3. The lowest BCUT2D eigenvalue weighted by molar-refractivity contribution is 0.0907. The number of rotatable bonds is 6. The van der Waals surface area contributed by atoms with Gasteiger partial charge in [-0.05, 0) is 31.4 Å². The molecule has 1 unspecified atom stereocenters. The number of nitrogens with zero attached hydrogens (tertiary/aromatic N) is 2. The minimum absolute atomic E-state index is 0.0597. The highest BCUT2D eigenvalue weighted by Crippen LogP contribution is 2.13. The third-order valence-corrected chi connectivity index (χ3v) is 3.48. The zero-order chi connectivity index (χ0) is 16.1. The number of nitrogens with one attached hydrogen (secondary N) is 1. The van der Waals surface area contributed by atoms with Crippen LogP contribution in [0.25, 0.3) is 5.69 Å². The van der Waals surface area contributed by atoms with E-state index < -0.39 is 0 Å². The third kappa shape index (κ3) is 3.95. The van der Waals surface area contributed by atoms with Gasteiger partial charge in [-0.25, -0.2) is 4.68 Å². The average Bonchev–Trinajstić information content (AvgIpc) is 2.89. The van der Waals surface area contributed by atoms with Gasteiger partial charge in [0.15, 0.2) is 0 Å². The van der Waals surface area contributed by atoms with Gasteiger partial charge in [0.05, 0.1) is 29.6 Å². The Morgan fingerprint density at radius 3 is 2.59 bits per heavy atom. The quantitative estimate of drug-likeness (QED) is 0.860. The fourth-order valence-corrected chi connectivity index (χ4v) is 2.41. The minimum atomic E-state index is -0.230. The summed E-state index contributed by atoms with van der Waals surface area (Å²) in [6.07, 6.45) is 2.47. The lowest BCUT2D eigenvalue weighted by atomic mass is 10.0. The molecule has 2 rings (SSSR count). The molecule has 22 heavy (non-hydrogen) atoms. The van der Waals surface area contributed by atoms with Crippen molar-refractivity contribution in [2.24, 2.45) is 5.92 Å². The number of aliphatic hydroxyl groups excluding tert-OH is 1. The van der Waals surface area contributed by atoms with Gasteiger partial charge < -0.3 is 10.4 Å². The van der Waals surface area contributed by atoms with Crippen LogP contribution in [0.4, 0.5) is 0 Å². The number of para-hydroxylation sites is 1. The summed E-state index contributed by atoms with van der Waals surface area (Å²) in [7, 11) is 0. The molecule has 118 valence electrons. The molecule has 0 aliphatic carbocycles. The summed E-state index contributed by atoms with van der Waals surface area (Å²) >= 11 is 0. The molecule has 1 atom stereocenters. The average molecular weight is 301 g/mol. The smallest absolute Gasteiger partial charge is 0.255 e. The lowest BCUT2D eigenvalue weighted by Gasteiger charge is -2.17. The Morgan fingerprint density at radius 1 is 1.32 bits per heavy atom. The van der Waals surface area contributed by atoms with Crippen LogP contribution in [0.15, 0.2) is 36.5 Å². The standard InChI is InChI=1S/C17H23N3O2/c1-12(2)9-14(11-21)18-17(22)16-10-20(19-13(16)3)15-7-5-4-6-8-15/h4-8,10,12,14,21H,9,11H2,1-3H3,(H,18,22). The summed E-state index contributed by atoms with van der Waals surface area (Å²) in [5.41, 5.74) is 2.11. The van der Waals surface area contributed by atoms with Crippen LogP contribution in [0.5, 0.6) is 0 Å². The van der Waals surface area contributed by atoms with Gasteiger partial charge in [-0.3, -0.25) is 4.79 Å². The number of carbonyl (C=O) groups excluding carboxylic acids is 1. The molecule has 0 spiro atoms. The second-order valence-electron chi connectivity index (χ2n) is 5.89. The Balaban J connectivity index is 2.15. The molecule has 0 bridgehead atoms. The number of aryl methyl sites for hydroxylation is 1. The Morgan fingerprint density at radius 2 is 2.00 bits per heavy atom. The predicted molar refractivity (Wildman–Crippen MR) is 86.1 cm³/mol. The largest absolute Gasteiger partial charge is 0.394 e. The summed E-state index contributed by atoms with van der Waals surface area (Å²) in [4.78, 5) is 12.4. The Hall–Kier alpha value is -2.14. The van der Waals surface area contributed by atoms with Crippen molar-refractivity contribution in [3.8, 4) is 5.69 Å². The predicted octanol–water partition coefficient (Wildman–Crippen LogP) is 2.32. The summed E-state index contributed by atoms with van der Waals surface area (Å²) in [6, 6.07) is 9.43. The van der Waals surface area contributed by atoms with E-state index in [-0.39, 0.29) is 18.6 Å². The zero-order valence-corrected chi connectivity index (χ0v) is 13.3. The maximum atomic E-state index is 12.4. The molecule has 0 saturated heterocycles. The molecule has 2 N–H and O–H groups in total. The van der Waals surface area contributed by atoms with Gasteiger partial charge in [-0.15, -0.1) is 0 Å². The van der Waals surface area contributed by atoms with Gasteiger partial charge in [-0.1, -0.05) is 32.0 Å². The highest BCUT2D eigenvalue weighted by atomic mass is 16.3. The van der Waals surface area contributed by atoms with Gasteiger partial charge in [0, 0.05) is 6.20 Å². The van der Waals surface area contributed by atoms with Gasteiger partial charge in [-0.2, -0.15) is 5.10 Å². The van der Waals surface area contributed by atoms with Crippen LogP contribution in [0.1, 0.15) is 36.3 Å². The second-order valence-corrected chi connectivity index (χ2v) is 5.89. The number of amides is 1. The first-order chi connectivity index (χ1) is 10.5. The highest BCUT2D eigenvalue weighted by Gasteiger charge is 2.18. The van der Waals surface area contributed by atoms with E-state index >= 15 is 0 Å². The topological polar surface area (TPSA) is 67.2 Å². The van der Waals surface area contributed by atoms with Crippen molar-refractivity contribution < 1.29 is 9.90 Å². The molecule has 0 aliphatic heterocycles. The van der Waals surface area contributed by atoms with E-state index in [2.05, 4.69) is 24.3 Å². The van der Waals surface area contributed by atoms with Crippen LogP contribution in [-0.2, 0) is 0 Å². The fourth-order valence-electron chi connectivity index (χ4n) is 2.41. The van der Waals surface area contributed by atoms with Gasteiger partial charge in [0.2, 0.25) is 0 Å². The Kier molecular flexibility index (Phi) is 5.33. The molecule has 1 heterocycles. The molecule has 2 aromatic rings.